The molecule has 1 saturated heterocycles. The van der Waals surface area contributed by atoms with Crippen molar-refractivity contribution < 1.29 is 44.7 Å². The highest BCUT2D eigenvalue weighted by Crippen LogP contribution is 2.42. The highest BCUT2D eigenvalue weighted by atomic mass is 32.2. The number of rotatable bonds is 9. The zero-order chi connectivity index (χ0) is 30.2. The molecule has 0 aliphatic carbocycles. The fraction of sp³-hybridized carbons (Fsp3) is 0.379. The molecule has 1 N–H and O–H groups in total. The molecule has 0 saturated carbocycles. The first-order valence-electron chi connectivity index (χ1n) is 12.8. The Balaban J connectivity index is 1.62. The number of ether oxygens (including phenoxy) is 3. The maximum Gasteiger partial charge on any atom is 0.405 e. The van der Waals surface area contributed by atoms with Gasteiger partial charge >= 0.3 is 15.4 Å². The molecule has 1 heterocycles. The SMILES string of the molecule is CC(C)C1OC(C)(c2ccc([S+](c3ccccc3)c3ccc(OC(C)C(F)(F)S(=O)(=O)O)cc3)cc2)OCC1(F)F. The Kier molecular flexibility index (Phi) is 8.83. The Labute approximate surface area is 239 Å². The monoisotopic (exact) mass is 615 g/mol. The standard InChI is InChI=1S/C29H30F4O6S2/c1-19(2)26-28(30,31)18-37-27(4,39-26)21-10-14-24(15-11-21)40(23-8-6-5-7-9-23)25-16-12-22(13-17-25)38-20(3)29(32,33)41(34,35)36/h5-17,19-20,26H,18H2,1-4H3/p+1. The molecular weight excluding hydrogens is 584 g/mol. The zero-order valence-electron chi connectivity index (χ0n) is 22.8. The predicted octanol–water partition coefficient (Wildman–Crippen LogP) is 6.91. The molecule has 0 aromatic heterocycles. The summed E-state index contributed by atoms with van der Waals surface area (Å²) in [6.07, 6.45) is -3.44. The molecule has 1 aliphatic heterocycles. The van der Waals surface area contributed by atoms with Crippen LogP contribution < -0.4 is 4.74 Å². The molecule has 4 rings (SSSR count). The van der Waals surface area contributed by atoms with E-state index in [0.717, 1.165) is 21.6 Å². The van der Waals surface area contributed by atoms with Gasteiger partial charge in [-0.15, -0.1) is 0 Å². The van der Waals surface area contributed by atoms with E-state index < -0.39 is 62.7 Å². The normalized spacial score (nSPS) is 22.7. The van der Waals surface area contributed by atoms with Crippen molar-refractivity contribution in [3.8, 4) is 5.75 Å². The van der Waals surface area contributed by atoms with E-state index in [9.17, 15) is 26.0 Å². The second-order valence-electron chi connectivity index (χ2n) is 10.2. The maximum atomic E-state index is 14.4. The topological polar surface area (TPSA) is 82.1 Å². The molecule has 4 unspecified atom stereocenters. The molecule has 3 aromatic carbocycles. The number of halogens is 4. The number of benzene rings is 3. The van der Waals surface area contributed by atoms with Gasteiger partial charge in [0.1, 0.15) is 18.5 Å². The van der Waals surface area contributed by atoms with Gasteiger partial charge in [0.05, 0.1) is 10.9 Å². The molecule has 1 fully saturated rings. The van der Waals surface area contributed by atoms with Crippen molar-refractivity contribution in [3.63, 3.8) is 0 Å². The zero-order valence-corrected chi connectivity index (χ0v) is 24.4. The average molecular weight is 616 g/mol. The van der Waals surface area contributed by atoms with Gasteiger partial charge in [0, 0.05) is 5.56 Å². The summed E-state index contributed by atoms with van der Waals surface area (Å²) in [6.45, 7) is 5.06. The second kappa shape index (κ2) is 11.6. The molecular formula is C29H31F4O6S2+. The van der Waals surface area contributed by atoms with Crippen LogP contribution >= 0.6 is 0 Å². The molecule has 0 spiro atoms. The fourth-order valence-corrected chi connectivity index (χ4v) is 6.98. The summed E-state index contributed by atoms with van der Waals surface area (Å²) in [5.41, 5.74) is 0.580. The van der Waals surface area contributed by atoms with Crippen LogP contribution in [0, 0.1) is 5.92 Å². The summed E-state index contributed by atoms with van der Waals surface area (Å²) in [4.78, 5) is 2.64. The summed E-state index contributed by atoms with van der Waals surface area (Å²) in [5.74, 6) is -4.90. The Morgan fingerprint density at radius 1 is 0.927 bits per heavy atom. The molecule has 3 aromatic rings. The van der Waals surface area contributed by atoms with Gasteiger partial charge in [-0.05, 0) is 80.4 Å². The third-order valence-corrected chi connectivity index (χ3v) is 9.95. The highest BCUT2D eigenvalue weighted by Gasteiger charge is 2.53. The van der Waals surface area contributed by atoms with Gasteiger partial charge in [-0.1, -0.05) is 32.0 Å². The molecule has 41 heavy (non-hydrogen) atoms. The lowest BCUT2D eigenvalue weighted by Gasteiger charge is -2.44. The van der Waals surface area contributed by atoms with Crippen LogP contribution in [0.5, 0.6) is 5.75 Å². The van der Waals surface area contributed by atoms with Crippen molar-refractivity contribution in [1.29, 1.82) is 0 Å². The Bertz CT molecular complexity index is 1430. The van der Waals surface area contributed by atoms with Crippen LogP contribution in [-0.4, -0.2) is 43.0 Å². The van der Waals surface area contributed by atoms with E-state index >= 15 is 0 Å². The van der Waals surface area contributed by atoms with Gasteiger partial charge < -0.3 is 14.2 Å². The summed E-state index contributed by atoms with van der Waals surface area (Å²) in [5, 5.41) is -4.49. The average Bonchev–Trinajstić information content (AvgIpc) is 2.91. The molecule has 1 aliphatic rings. The van der Waals surface area contributed by atoms with Crippen LogP contribution in [0.1, 0.15) is 33.3 Å². The van der Waals surface area contributed by atoms with Crippen molar-refractivity contribution in [2.24, 2.45) is 5.92 Å². The van der Waals surface area contributed by atoms with Gasteiger partial charge in [-0.2, -0.15) is 17.2 Å². The number of alkyl halides is 4. The van der Waals surface area contributed by atoms with Crippen LogP contribution in [0.15, 0.2) is 93.5 Å². The molecule has 6 nitrogen and oxygen atoms in total. The summed E-state index contributed by atoms with van der Waals surface area (Å²) in [6, 6.07) is 23.1. The first kappa shape index (κ1) is 31.3. The second-order valence-corrected chi connectivity index (χ2v) is 13.7. The molecule has 0 radical (unpaired) electrons. The Morgan fingerprint density at radius 3 is 1.95 bits per heavy atom. The first-order valence-corrected chi connectivity index (χ1v) is 15.4. The minimum Gasteiger partial charge on any atom is -0.483 e. The van der Waals surface area contributed by atoms with Crippen molar-refractivity contribution in [3.05, 3.63) is 84.4 Å². The fourth-order valence-electron chi connectivity index (χ4n) is 4.45. The summed E-state index contributed by atoms with van der Waals surface area (Å²) >= 11 is 0. The first-order chi connectivity index (χ1) is 19.0. The van der Waals surface area contributed by atoms with E-state index in [2.05, 4.69) is 0 Å². The van der Waals surface area contributed by atoms with E-state index in [1.54, 1.807) is 45.0 Å². The molecule has 0 bridgehead atoms. The van der Waals surface area contributed by atoms with Crippen LogP contribution in [0.3, 0.4) is 0 Å². The third-order valence-electron chi connectivity index (χ3n) is 6.70. The largest absolute Gasteiger partial charge is 0.483 e. The van der Waals surface area contributed by atoms with Crippen molar-refractivity contribution in [1.82, 2.24) is 0 Å². The van der Waals surface area contributed by atoms with E-state index in [1.807, 2.05) is 42.5 Å². The Morgan fingerprint density at radius 2 is 1.44 bits per heavy atom. The van der Waals surface area contributed by atoms with Crippen LogP contribution in [0.25, 0.3) is 0 Å². The van der Waals surface area contributed by atoms with Crippen LogP contribution in [0.4, 0.5) is 17.6 Å². The highest BCUT2D eigenvalue weighted by molar-refractivity contribution is 7.97. The van der Waals surface area contributed by atoms with Gasteiger partial charge in [0.25, 0.3) is 5.92 Å². The van der Waals surface area contributed by atoms with E-state index in [4.69, 9.17) is 18.8 Å². The van der Waals surface area contributed by atoms with Crippen LogP contribution in [0.2, 0.25) is 0 Å². The summed E-state index contributed by atoms with van der Waals surface area (Å²) < 4.78 is 104. The minimum absolute atomic E-state index is 0.00689. The Hall–Kier alpha value is -2.64. The minimum atomic E-state index is -5.66. The lowest BCUT2D eigenvalue weighted by atomic mass is 9.97. The van der Waals surface area contributed by atoms with Gasteiger partial charge in [-0.25, -0.2) is 8.78 Å². The van der Waals surface area contributed by atoms with Gasteiger partial charge in [0.2, 0.25) is 0 Å². The van der Waals surface area contributed by atoms with Crippen molar-refractivity contribution in [2.45, 2.75) is 71.6 Å². The lowest BCUT2D eigenvalue weighted by Crippen LogP contribution is -2.54. The van der Waals surface area contributed by atoms with Gasteiger partial charge in [0.15, 0.2) is 26.6 Å². The van der Waals surface area contributed by atoms with E-state index in [-0.39, 0.29) is 5.75 Å². The third kappa shape index (κ3) is 6.56. The van der Waals surface area contributed by atoms with Crippen LogP contribution in [-0.2, 0) is 36.3 Å². The smallest absolute Gasteiger partial charge is 0.405 e. The summed E-state index contributed by atoms with van der Waals surface area (Å²) in [7, 11) is -6.32. The molecule has 12 heteroatoms. The van der Waals surface area contributed by atoms with Crippen molar-refractivity contribution >= 4 is 21.0 Å². The quantitative estimate of drug-likeness (QED) is 0.160. The number of hydrogen-bond acceptors (Lipinski definition) is 5. The maximum absolute atomic E-state index is 14.4. The molecule has 222 valence electrons. The molecule has 4 atom stereocenters. The lowest BCUT2D eigenvalue weighted by molar-refractivity contribution is -0.368. The van der Waals surface area contributed by atoms with Gasteiger partial charge in [-0.3, -0.25) is 4.55 Å². The van der Waals surface area contributed by atoms with E-state index in [1.165, 1.54) is 12.1 Å². The molecule has 0 amide bonds. The number of hydrogen-bond donors (Lipinski definition) is 1. The predicted molar refractivity (Wildman–Crippen MR) is 146 cm³/mol. The van der Waals surface area contributed by atoms with Crippen molar-refractivity contribution in [2.75, 3.05) is 6.61 Å². The van der Waals surface area contributed by atoms with E-state index in [0.29, 0.717) is 5.56 Å².